The Labute approximate surface area is 239 Å². The Balaban J connectivity index is 1.62. The Morgan fingerprint density at radius 3 is 2.45 bits per heavy atom. The van der Waals surface area contributed by atoms with E-state index in [0.29, 0.717) is 39.4 Å². The smallest absolute Gasteiger partial charge is 0.335 e. The molecule has 2 aromatic carbocycles. The molecule has 3 aromatic rings. The predicted molar refractivity (Wildman–Crippen MR) is 146 cm³/mol. The number of aliphatic hydroxyl groups excluding tert-OH is 4. The van der Waals surface area contributed by atoms with Gasteiger partial charge in [0.05, 0.1) is 36.6 Å². The molecule has 42 heavy (non-hydrogen) atoms. The number of carboxylic acid groups (broad SMARTS) is 1. The third kappa shape index (κ3) is 7.03. The van der Waals surface area contributed by atoms with Crippen LogP contribution in [0.2, 0.25) is 0 Å². The lowest BCUT2D eigenvalue weighted by atomic mass is 9.99. The molecule has 0 bridgehead atoms. The lowest BCUT2D eigenvalue weighted by molar-refractivity contribution is -0.297. The number of carboxylic acids is 1. The zero-order valence-electron chi connectivity index (χ0n) is 21.8. The summed E-state index contributed by atoms with van der Waals surface area (Å²) >= 11 is 0. The van der Waals surface area contributed by atoms with Crippen LogP contribution < -0.4 is 10.6 Å². The van der Waals surface area contributed by atoms with Gasteiger partial charge in [-0.05, 0) is 54.1 Å². The van der Waals surface area contributed by atoms with E-state index in [2.05, 4.69) is 20.6 Å². The summed E-state index contributed by atoms with van der Waals surface area (Å²) in [7, 11) is 0. The third-order valence-electron chi connectivity index (χ3n) is 6.24. The first kappa shape index (κ1) is 30.0. The number of benzene rings is 2. The third-order valence-corrected chi connectivity index (χ3v) is 6.24. The monoisotopic (exact) mass is 574 g/mol. The number of nitrogens with one attached hydrogen (secondary N) is 2. The molecule has 1 aliphatic heterocycles. The molecule has 1 aromatic heterocycles. The summed E-state index contributed by atoms with van der Waals surface area (Å²) in [5.74, 6) is -1.01. The molecule has 1 unspecified atom stereocenters. The molecule has 14 heteroatoms. The fourth-order valence-electron chi connectivity index (χ4n) is 4.16. The molecule has 5 atom stereocenters. The minimum absolute atomic E-state index is 0.229. The van der Waals surface area contributed by atoms with Gasteiger partial charge in [-0.25, -0.2) is 9.78 Å². The molecule has 14 nitrogen and oxygen atoms in total. The van der Waals surface area contributed by atoms with Crippen molar-refractivity contribution in [1.29, 1.82) is 10.5 Å². The number of hydrogen-bond donors (Lipinski definition) is 7. The number of ether oxygens (including phenoxy) is 2. The quantitative estimate of drug-likeness (QED) is 0.169. The van der Waals surface area contributed by atoms with Gasteiger partial charge in [0, 0.05) is 29.1 Å². The summed E-state index contributed by atoms with van der Waals surface area (Å²) in [6.45, 7) is -0.749. The maximum Gasteiger partial charge on any atom is 0.335 e. The van der Waals surface area contributed by atoms with Crippen LogP contribution in [-0.4, -0.2) is 72.2 Å². The van der Waals surface area contributed by atoms with Crippen LogP contribution in [0, 0.1) is 22.7 Å². The van der Waals surface area contributed by atoms with E-state index in [1.807, 2.05) is 12.1 Å². The van der Waals surface area contributed by atoms with Crippen molar-refractivity contribution in [3.05, 3.63) is 77.0 Å². The van der Waals surface area contributed by atoms with Gasteiger partial charge < -0.3 is 45.6 Å². The van der Waals surface area contributed by atoms with Gasteiger partial charge in [0.1, 0.15) is 24.1 Å². The zero-order valence-corrected chi connectivity index (χ0v) is 21.8. The Kier molecular flexibility index (Phi) is 9.74. The average Bonchev–Trinajstić information content (AvgIpc) is 2.99. The molecule has 1 aliphatic rings. The molecule has 216 valence electrons. The number of nitrogens with zero attached hydrogens (tertiary/aromatic N) is 4. The minimum atomic E-state index is -1.88. The second kappa shape index (κ2) is 13.6. The second-order valence-corrected chi connectivity index (χ2v) is 9.09. The van der Waals surface area contributed by atoms with Crippen LogP contribution in [0.15, 0.2) is 54.7 Å². The average molecular weight is 575 g/mol. The van der Waals surface area contributed by atoms with Gasteiger partial charge >= 0.3 is 5.97 Å². The SMILES string of the molecule is N#C/C=C/c1cc(CO)c(Nc2ccnc(Nc3ccc(C#N)cc3)n2)c(COC2O[C@H](C(=O)O)[C@H](O)[C@@H](O)[C@@H]2O)c1. The Hall–Kier alpha value is -4.93. The summed E-state index contributed by atoms with van der Waals surface area (Å²) in [5.41, 5.74) is 2.80. The van der Waals surface area contributed by atoms with Crippen LogP contribution in [-0.2, 0) is 27.5 Å². The van der Waals surface area contributed by atoms with E-state index >= 15 is 0 Å². The molecule has 2 heterocycles. The van der Waals surface area contributed by atoms with Crippen molar-refractivity contribution in [1.82, 2.24) is 9.97 Å². The molecule has 1 saturated heterocycles. The van der Waals surface area contributed by atoms with Gasteiger partial charge in [-0.3, -0.25) is 0 Å². The van der Waals surface area contributed by atoms with Crippen LogP contribution in [0.4, 0.5) is 23.1 Å². The van der Waals surface area contributed by atoms with Gasteiger partial charge in [0.15, 0.2) is 12.4 Å². The van der Waals surface area contributed by atoms with Crippen LogP contribution in [0.1, 0.15) is 22.3 Å². The fourth-order valence-corrected chi connectivity index (χ4v) is 4.16. The maximum absolute atomic E-state index is 11.5. The van der Waals surface area contributed by atoms with Gasteiger partial charge in [0.2, 0.25) is 5.95 Å². The fraction of sp³-hybridized carbons (Fsp3) is 0.250. The number of aliphatic hydroxyl groups is 4. The lowest BCUT2D eigenvalue weighted by Gasteiger charge is -2.38. The van der Waals surface area contributed by atoms with E-state index in [9.17, 15) is 30.3 Å². The number of anilines is 4. The van der Waals surface area contributed by atoms with Crippen molar-refractivity contribution >= 4 is 35.2 Å². The Bertz CT molecular complexity index is 1530. The number of aliphatic carboxylic acids is 1. The molecule has 1 fully saturated rings. The van der Waals surface area contributed by atoms with Crippen molar-refractivity contribution < 1.29 is 39.8 Å². The van der Waals surface area contributed by atoms with E-state index in [0.717, 1.165) is 0 Å². The normalized spacial score (nSPS) is 21.8. The Morgan fingerprint density at radius 1 is 1.05 bits per heavy atom. The zero-order chi connectivity index (χ0) is 30.2. The largest absolute Gasteiger partial charge is 0.479 e. The van der Waals surface area contributed by atoms with Gasteiger partial charge in [-0.2, -0.15) is 15.5 Å². The Morgan fingerprint density at radius 2 is 1.79 bits per heavy atom. The highest BCUT2D eigenvalue weighted by molar-refractivity contribution is 5.73. The van der Waals surface area contributed by atoms with Crippen molar-refractivity contribution in [2.75, 3.05) is 10.6 Å². The van der Waals surface area contributed by atoms with Crippen molar-refractivity contribution in [2.45, 2.75) is 43.9 Å². The van der Waals surface area contributed by atoms with E-state index in [1.54, 1.807) is 42.5 Å². The molecular weight excluding hydrogens is 548 g/mol. The number of allylic oxidation sites excluding steroid dienone is 1. The van der Waals surface area contributed by atoms with Crippen LogP contribution in [0.3, 0.4) is 0 Å². The van der Waals surface area contributed by atoms with Crippen molar-refractivity contribution in [3.63, 3.8) is 0 Å². The summed E-state index contributed by atoms with van der Waals surface area (Å²) < 4.78 is 10.9. The van der Waals surface area contributed by atoms with Crippen LogP contribution in [0.5, 0.6) is 0 Å². The summed E-state index contributed by atoms with van der Waals surface area (Å²) in [5, 5.41) is 74.0. The first-order valence-corrected chi connectivity index (χ1v) is 12.5. The van der Waals surface area contributed by atoms with E-state index < -0.39 is 43.3 Å². The number of carbonyl (C=O) groups is 1. The number of aromatic nitrogens is 2. The van der Waals surface area contributed by atoms with Crippen LogP contribution >= 0.6 is 0 Å². The molecule has 0 aliphatic carbocycles. The minimum Gasteiger partial charge on any atom is -0.479 e. The summed E-state index contributed by atoms with van der Waals surface area (Å²) in [6.07, 6.45) is -4.70. The number of nitriles is 2. The number of rotatable bonds is 10. The second-order valence-electron chi connectivity index (χ2n) is 9.09. The van der Waals surface area contributed by atoms with E-state index in [4.69, 9.17) is 20.0 Å². The summed E-state index contributed by atoms with van der Waals surface area (Å²) in [6, 6.07) is 15.4. The lowest BCUT2D eigenvalue weighted by Crippen LogP contribution is -2.60. The molecule has 0 amide bonds. The maximum atomic E-state index is 11.5. The molecule has 0 saturated carbocycles. The van der Waals surface area contributed by atoms with Crippen molar-refractivity contribution in [2.24, 2.45) is 0 Å². The summed E-state index contributed by atoms with van der Waals surface area (Å²) in [4.78, 5) is 20.1. The van der Waals surface area contributed by atoms with Gasteiger partial charge in [-0.1, -0.05) is 0 Å². The van der Waals surface area contributed by atoms with E-state index in [1.165, 1.54) is 18.3 Å². The van der Waals surface area contributed by atoms with Gasteiger partial charge in [-0.15, -0.1) is 0 Å². The molecule has 0 radical (unpaired) electrons. The topological polar surface area (TPSA) is 234 Å². The number of hydrogen-bond acceptors (Lipinski definition) is 13. The first-order valence-electron chi connectivity index (χ1n) is 12.5. The molecular formula is C28H26N6O8. The van der Waals surface area contributed by atoms with E-state index in [-0.39, 0.29) is 12.6 Å². The highest BCUT2D eigenvalue weighted by Gasteiger charge is 2.47. The molecule has 4 rings (SSSR count). The highest BCUT2D eigenvalue weighted by Crippen LogP contribution is 2.30. The molecule has 0 spiro atoms. The first-order chi connectivity index (χ1) is 20.2. The highest BCUT2D eigenvalue weighted by atomic mass is 16.7. The van der Waals surface area contributed by atoms with Crippen molar-refractivity contribution in [3.8, 4) is 12.1 Å². The van der Waals surface area contributed by atoms with Crippen LogP contribution in [0.25, 0.3) is 6.08 Å². The molecule has 7 N–H and O–H groups in total. The standard InChI is InChI=1S/C28H26N6O8/c29-8-1-2-16-10-17(13-35)21(18(11-16)14-41-27-24(38)22(36)23(37)25(42-27)26(39)40)33-20-7-9-31-28(34-20)32-19-5-3-15(12-30)4-6-19/h1-7,9-11,22-25,27,35-38H,13-14H2,(H,39,40)(H2,31,32,33,34)/b2-1+/t22-,23-,24+,25+,27?/m1/s1. The predicted octanol–water partition coefficient (Wildman–Crippen LogP) is 1.27. The van der Waals surface area contributed by atoms with Gasteiger partial charge in [0.25, 0.3) is 0 Å².